The minimum atomic E-state index is -0.0938. The van der Waals surface area contributed by atoms with Crippen LogP contribution in [-0.4, -0.2) is 81.8 Å². The van der Waals surface area contributed by atoms with Crippen LogP contribution in [0.3, 0.4) is 0 Å². The molecule has 1 aliphatic heterocycles. The Morgan fingerprint density at radius 3 is 2.50 bits per heavy atom. The summed E-state index contributed by atoms with van der Waals surface area (Å²) < 4.78 is 0. The number of carbonyl (C=O) groups is 2. The average Bonchev–Trinajstić information content (AvgIpc) is 3.33. The molecule has 0 spiro atoms. The van der Waals surface area contributed by atoms with E-state index in [1.165, 1.54) is 4.90 Å². The van der Waals surface area contributed by atoms with Gasteiger partial charge in [-0.3, -0.25) is 19.6 Å². The number of carbonyl (C=O) groups excluding carboxylic acids is 2. The maximum absolute atomic E-state index is 13.0. The van der Waals surface area contributed by atoms with Gasteiger partial charge in [-0.25, -0.2) is 4.98 Å². The molecule has 0 saturated carbocycles. The van der Waals surface area contributed by atoms with Gasteiger partial charge in [0.2, 0.25) is 0 Å². The van der Waals surface area contributed by atoms with Crippen molar-refractivity contribution in [2.24, 2.45) is 0 Å². The van der Waals surface area contributed by atoms with Gasteiger partial charge in [-0.05, 0) is 35.9 Å². The number of pyridine rings is 3. The summed E-state index contributed by atoms with van der Waals surface area (Å²) in [5, 5.41) is 4.12. The molecule has 0 unspecified atom stereocenters. The molecule has 0 aliphatic carbocycles. The number of nitrogens with zero attached hydrogens (tertiary/aromatic N) is 5. The maximum atomic E-state index is 13.0. The van der Waals surface area contributed by atoms with Gasteiger partial charge in [0.25, 0.3) is 11.8 Å². The van der Waals surface area contributed by atoms with Gasteiger partial charge in [-0.15, -0.1) is 0 Å². The Morgan fingerprint density at radius 2 is 1.76 bits per heavy atom. The third kappa shape index (κ3) is 4.13. The van der Waals surface area contributed by atoms with Crippen molar-refractivity contribution in [2.75, 3.05) is 40.3 Å². The van der Waals surface area contributed by atoms with Crippen LogP contribution in [0, 0.1) is 0 Å². The molecule has 4 aromatic heterocycles. The van der Waals surface area contributed by atoms with E-state index in [-0.39, 0.29) is 11.8 Å². The Labute approximate surface area is 196 Å². The first-order valence-electron chi connectivity index (χ1n) is 11.1. The number of hydrogen-bond donors (Lipinski definition) is 2. The summed E-state index contributed by atoms with van der Waals surface area (Å²) in [6.07, 6.45) is 6.83. The summed E-state index contributed by atoms with van der Waals surface area (Å²) in [6, 6.07) is 9.38. The molecule has 5 heterocycles. The summed E-state index contributed by atoms with van der Waals surface area (Å²) >= 11 is 0. The van der Waals surface area contributed by atoms with Crippen LogP contribution in [0.2, 0.25) is 0 Å². The van der Waals surface area contributed by atoms with E-state index in [1.54, 1.807) is 44.9 Å². The quantitative estimate of drug-likeness (QED) is 0.490. The minimum absolute atomic E-state index is 0.0195. The van der Waals surface area contributed by atoms with Crippen LogP contribution in [0.25, 0.3) is 33.4 Å². The molecule has 34 heavy (non-hydrogen) atoms. The molecule has 1 fully saturated rings. The molecule has 9 heteroatoms. The molecular formula is C25H25N7O2. The standard InChI is InChI=1S/C25H25N7O2/c1-31(2)24(33)16-3-4-21(29-15-16)18-11-17(13-27-14-18)19-5-6-28-23-20(19)12-22(30-23)25(34)32-9-7-26-8-10-32/h3-6,11-15,26H,7-10H2,1-2H3,(H,28,30). The monoisotopic (exact) mass is 455 g/mol. The Bertz CT molecular complexity index is 1360. The second-order valence-electron chi connectivity index (χ2n) is 8.44. The first-order valence-corrected chi connectivity index (χ1v) is 11.1. The van der Waals surface area contributed by atoms with Crippen molar-refractivity contribution in [1.29, 1.82) is 0 Å². The Balaban J connectivity index is 1.47. The van der Waals surface area contributed by atoms with Crippen LogP contribution >= 0.6 is 0 Å². The number of H-pyrrole nitrogens is 1. The Morgan fingerprint density at radius 1 is 0.971 bits per heavy atom. The highest BCUT2D eigenvalue weighted by Crippen LogP contribution is 2.30. The van der Waals surface area contributed by atoms with Crippen molar-refractivity contribution in [1.82, 2.24) is 35.1 Å². The van der Waals surface area contributed by atoms with Crippen LogP contribution in [-0.2, 0) is 0 Å². The van der Waals surface area contributed by atoms with E-state index in [1.807, 2.05) is 29.2 Å². The topological polar surface area (TPSA) is 107 Å². The van der Waals surface area contributed by atoms with Gasteiger partial charge in [0.05, 0.1) is 11.3 Å². The van der Waals surface area contributed by atoms with Crippen molar-refractivity contribution in [3.8, 4) is 22.4 Å². The fourth-order valence-electron chi connectivity index (χ4n) is 4.11. The normalized spacial score (nSPS) is 13.8. The van der Waals surface area contributed by atoms with E-state index in [0.29, 0.717) is 30.0 Å². The second kappa shape index (κ2) is 9.03. The predicted molar refractivity (Wildman–Crippen MR) is 129 cm³/mol. The van der Waals surface area contributed by atoms with Crippen molar-refractivity contribution in [3.63, 3.8) is 0 Å². The third-order valence-corrected chi connectivity index (χ3v) is 5.93. The Hall–Kier alpha value is -4.11. The smallest absolute Gasteiger partial charge is 0.270 e. The molecule has 9 nitrogen and oxygen atoms in total. The van der Waals surface area contributed by atoms with E-state index in [0.717, 1.165) is 40.9 Å². The van der Waals surface area contributed by atoms with Crippen LogP contribution in [0.5, 0.6) is 0 Å². The molecule has 2 N–H and O–H groups in total. The molecule has 0 aromatic carbocycles. The van der Waals surface area contributed by atoms with E-state index in [2.05, 4.69) is 25.3 Å². The van der Waals surface area contributed by atoms with Crippen LogP contribution in [0.1, 0.15) is 20.8 Å². The molecule has 0 bridgehead atoms. The van der Waals surface area contributed by atoms with Crippen molar-refractivity contribution < 1.29 is 9.59 Å². The average molecular weight is 456 g/mol. The first kappa shape index (κ1) is 21.7. The lowest BCUT2D eigenvalue weighted by molar-refractivity contribution is 0.0730. The van der Waals surface area contributed by atoms with E-state index in [4.69, 9.17) is 0 Å². The maximum Gasteiger partial charge on any atom is 0.270 e. The highest BCUT2D eigenvalue weighted by atomic mass is 16.2. The number of piperazine rings is 1. The zero-order valence-corrected chi connectivity index (χ0v) is 19.1. The molecule has 0 radical (unpaired) electrons. The van der Waals surface area contributed by atoms with E-state index in [9.17, 15) is 9.59 Å². The highest BCUT2D eigenvalue weighted by Gasteiger charge is 2.21. The number of fused-ring (bicyclic) bond motifs is 1. The van der Waals surface area contributed by atoms with Gasteiger partial charge in [0.15, 0.2) is 0 Å². The Kier molecular flexibility index (Phi) is 5.77. The van der Waals surface area contributed by atoms with Gasteiger partial charge in [-0.2, -0.15) is 0 Å². The van der Waals surface area contributed by atoms with Gasteiger partial charge in [0, 0.05) is 81.6 Å². The van der Waals surface area contributed by atoms with Crippen molar-refractivity contribution in [2.45, 2.75) is 0 Å². The number of rotatable bonds is 4. The van der Waals surface area contributed by atoms with Crippen molar-refractivity contribution >= 4 is 22.8 Å². The summed E-state index contributed by atoms with van der Waals surface area (Å²) in [5.74, 6) is -0.113. The van der Waals surface area contributed by atoms with Crippen LogP contribution < -0.4 is 5.32 Å². The summed E-state index contributed by atoms with van der Waals surface area (Å²) in [7, 11) is 3.42. The molecule has 2 amide bonds. The number of amides is 2. The van der Waals surface area contributed by atoms with Gasteiger partial charge in [-0.1, -0.05) is 0 Å². The second-order valence-corrected chi connectivity index (χ2v) is 8.44. The van der Waals surface area contributed by atoms with E-state index >= 15 is 0 Å². The molecule has 1 aliphatic rings. The molecule has 0 atom stereocenters. The number of hydrogen-bond acceptors (Lipinski definition) is 6. The summed E-state index contributed by atoms with van der Waals surface area (Å²) in [6.45, 7) is 2.97. The largest absolute Gasteiger partial charge is 0.345 e. The van der Waals surface area contributed by atoms with Crippen LogP contribution in [0.15, 0.2) is 55.1 Å². The summed E-state index contributed by atoms with van der Waals surface area (Å²) in [4.78, 5) is 45.0. The number of aromatic amines is 1. The lowest BCUT2D eigenvalue weighted by Crippen LogP contribution is -2.46. The number of aromatic nitrogens is 4. The van der Waals surface area contributed by atoms with Gasteiger partial charge in [0.1, 0.15) is 11.3 Å². The molecular weight excluding hydrogens is 430 g/mol. The van der Waals surface area contributed by atoms with Crippen LogP contribution in [0.4, 0.5) is 0 Å². The van der Waals surface area contributed by atoms with Gasteiger partial charge < -0.3 is 20.1 Å². The van der Waals surface area contributed by atoms with E-state index < -0.39 is 0 Å². The fraction of sp³-hybridized carbons (Fsp3) is 0.240. The lowest BCUT2D eigenvalue weighted by atomic mass is 10.0. The van der Waals surface area contributed by atoms with Gasteiger partial charge >= 0.3 is 0 Å². The first-order chi connectivity index (χ1) is 16.5. The zero-order valence-electron chi connectivity index (χ0n) is 19.1. The third-order valence-electron chi connectivity index (χ3n) is 5.93. The molecule has 4 aromatic rings. The molecule has 1 saturated heterocycles. The fourth-order valence-corrected chi connectivity index (χ4v) is 4.11. The highest BCUT2D eigenvalue weighted by molar-refractivity contribution is 6.02. The number of nitrogens with one attached hydrogen (secondary N) is 2. The van der Waals surface area contributed by atoms with Crippen molar-refractivity contribution in [3.05, 3.63) is 66.4 Å². The minimum Gasteiger partial charge on any atom is -0.345 e. The lowest BCUT2D eigenvalue weighted by Gasteiger charge is -2.26. The SMILES string of the molecule is CN(C)C(=O)c1ccc(-c2cncc(-c3ccnc4[nH]c(C(=O)N5CCNCC5)cc34)c2)nc1. The summed E-state index contributed by atoms with van der Waals surface area (Å²) in [5.41, 5.74) is 5.09. The zero-order chi connectivity index (χ0) is 23.7. The molecule has 172 valence electrons. The molecule has 5 rings (SSSR count). The predicted octanol–water partition coefficient (Wildman–Crippen LogP) is 2.43.